The van der Waals surface area contributed by atoms with E-state index in [1.807, 2.05) is 25.1 Å². The van der Waals surface area contributed by atoms with Crippen molar-refractivity contribution >= 4 is 40.2 Å². The average molecular weight is 426 g/mol. The molecule has 1 aromatic carbocycles. The van der Waals surface area contributed by atoms with Crippen molar-refractivity contribution in [3.63, 3.8) is 0 Å². The number of thioether (sulfide) groups is 1. The van der Waals surface area contributed by atoms with E-state index in [-0.39, 0.29) is 18.4 Å². The number of anilines is 1. The first kappa shape index (κ1) is 20.4. The minimum absolute atomic E-state index is 0.157. The van der Waals surface area contributed by atoms with Crippen molar-refractivity contribution in [2.75, 3.05) is 36.2 Å². The molecule has 2 amide bonds. The van der Waals surface area contributed by atoms with Crippen LogP contribution in [0.5, 0.6) is 0 Å². The zero-order chi connectivity index (χ0) is 21.3. The zero-order valence-corrected chi connectivity index (χ0v) is 17.5. The molecule has 2 atom stereocenters. The fourth-order valence-corrected chi connectivity index (χ4v) is 4.95. The maximum atomic E-state index is 12.8. The third kappa shape index (κ3) is 4.06. The number of hydrogen-bond acceptors (Lipinski definition) is 7. The Morgan fingerprint density at radius 3 is 3.00 bits per heavy atom. The Bertz CT molecular complexity index is 1030. The topological polar surface area (TPSA) is 110 Å². The van der Waals surface area contributed by atoms with Crippen LogP contribution in [-0.2, 0) is 4.79 Å². The summed E-state index contributed by atoms with van der Waals surface area (Å²) < 4.78 is 0. The Labute approximate surface area is 178 Å². The van der Waals surface area contributed by atoms with Crippen molar-refractivity contribution in [2.45, 2.75) is 25.0 Å². The number of aromatic nitrogens is 1. The highest BCUT2D eigenvalue weighted by Crippen LogP contribution is 2.29. The van der Waals surface area contributed by atoms with Crippen molar-refractivity contribution in [3.05, 3.63) is 36.0 Å². The quantitative estimate of drug-likeness (QED) is 0.761. The van der Waals surface area contributed by atoms with Crippen LogP contribution in [0.15, 0.2) is 30.5 Å². The van der Waals surface area contributed by atoms with E-state index in [1.165, 1.54) is 16.7 Å². The summed E-state index contributed by atoms with van der Waals surface area (Å²) in [6.45, 7) is 2.93. The number of benzene rings is 1. The molecule has 4 rings (SSSR count). The number of fused-ring (bicyclic) bond motifs is 1. The van der Waals surface area contributed by atoms with E-state index in [9.17, 15) is 14.7 Å². The van der Waals surface area contributed by atoms with Crippen LogP contribution in [0.1, 0.15) is 23.7 Å². The molecule has 9 heteroatoms. The molecule has 156 valence electrons. The van der Waals surface area contributed by atoms with Gasteiger partial charge in [0.1, 0.15) is 6.04 Å². The maximum absolute atomic E-state index is 12.8. The molecule has 2 unspecified atom stereocenters. The Balaban J connectivity index is 1.51. The summed E-state index contributed by atoms with van der Waals surface area (Å²) >= 11 is 1.53. The number of nitrogens with zero attached hydrogens (tertiary/aromatic N) is 4. The molecule has 1 aromatic heterocycles. The minimum Gasteiger partial charge on any atom is -0.388 e. The lowest BCUT2D eigenvalue weighted by Crippen LogP contribution is -2.42. The molecule has 2 aromatic rings. The van der Waals surface area contributed by atoms with Crippen LogP contribution in [0.25, 0.3) is 10.9 Å². The van der Waals surface area contributed by atoms with Crippen molar-refractivity contribution < 1.29 is 14.7 Å². The lowest BCUT2D eigenvalue weighted by atomic mass is 10.1. The third-order valence-corrected chi connectivity index (χ3v) is 6.55. The molecule has 2 aliphatic heterocycles. The number of hydrogen-bond donors (Lipinski definition) is 2. The summed E-state index contributed by atoms with van der Waals surface area (Å²) in [5, 5.41) is 22.8. The molecule has 2 N–H and O–H groups in total. The molecule has 0 radical (unpaired) electrons. The van der Waals surface area contributed by atoms with Gasteiger partial charge in [-0.25, -0.2) is 0 Å². The van der Waals surface area contributed by atoms with E-state index >= 15 is 0 Å². The van der Waals surface area contributed by atoms with Gasteiger partial charge in [0.15, 0.2) is 0 Å². The summed E-state index contributed by atoms with van der Waals surface area (Å²) in [4.78, 5) is 33.2. The first-order valence-electron chi connectivity index (χ1n) is 9.79. The smallest absolute Gasteiger partial charge is 0.252 e. The minimum atomic E-state index is -0.723. The molecule has 0 spiro atoms. The number of carbonyl (C=O) groups is 2. The van der Waals surface area contributed by atoms with E-state index in [2.05, 4.69) is 21.3 Å². The van der Waals surface area contributed by atoms with Gasteiger partial charge >= 0.3 is 0 Å². The van der Waals surface area contributed by atoms with Crippen molar-refractivity contribution in [1.82, 2.24) is 15.2 Å². The van der Waals surface area contributed by atoms with Gasteiger partial charge < -0.3 is 20.2 Å². The first-order chi connectivity index (χ1) is 14.4. The van der Waals surface area contributed by atoms with Gasteiger partial charge in [0.05, 0.1) is 35.2 Å². The monoisotopic (exact) mass is 425 g/mol. The maximum Gasteiger partial charge on any atom is 0.252 e. The normalized spacial score (nSPS) is 23.6. The number of aliphatic hydroxyl groups is 1. The highest BCUT2D eigenvalue weighted by atomic mass is 32.2. The van der Waals surface area contributed by atoms with Gasteiger partial charge in [-0.3, -0.25) is 14.6 Å². The zero-order valence-electron chi connectivity index (χ0n) is 16.7. The second-order valence-electron chi connectivity index (χ2n) is 7.92. The van der Waals surface area contributed by atoms with Gasteiger partial charge in [-0.05, 0) is 37.6 Å². The lowest BCUT2D eigenvalue weighted by Gasteiger charge is -2.21. The molecule has 0 saturated carbocycles. The predicted molar refractivity (Wildman–Crippen MR) is 115 cm³/mol. The van der Waals surface area contributed by atoms with Crippen LogP contribution in [0.4, 0.5) is 5.69 Å². The molecular weight excluding hydrogens is 402 g/mol. The van der Waals surface area contributed by atoms with Gasteiger partial charge in [-0.2, -0.15) is 5.26 Å². The summed E-state index contributed by atoms with van der Waals surface area (Å²) in [6.07, 6.45) is 2.26. The Morgan fingerprint density at radius 2 is 2.27 bits per heavy atom. The highest BCUT2D eigenvalue weighted by Gasteiger charge is 2.32. The fourth-order valence-electron chi connectivity index (χ4n) is 3.84. The molecule has 2 fully saturated rings. The standard InChI is InChI=1S/C21H23N5O3S/c1-21(29)5-7-25(12-21)14-2-3-18-17(8-14)16(4-6-23-18)20(28)24-10-19(27)26-13-30-11-15(26)9-22/h2-4,6,8,15,29H,5,7,10-13H2,1H3,(H,24,28). The van der Waals surface area contributed by atoms with E-state index in [0.717, 1.165) is 12.2 Å². The van der Waals surface area contributed by atoms with Crippen molar-refractivity contribution in [1.29, 1.82) is 5.26 Å². The Hall–Kier alpha value is -2.83. The molecule has 2 aliphatic rings. The third-order valence-electron chi connectivity index (χ3n) is 5.54. The van der Waals surface area contributed by atoms with Gasteiger partial charge in [0, 0.05) is 36.1 Å². The number of carbonyl (C=O) groups excluding carboxylic acids is 2. The molecule has 0 aliphatic carbocycles. The van der Waals surface area contributed by atoms with Crippen LogP contribution in [0, 0.1) is 11.3 Å². The largest absolute Gasteiger partial charge is 0.388 e. The van der Waals surface area contributed by atoms with E-state index in [1.54, 1.807) is 12.3 Å². The summed E-state index contributed by atoms with van der Waals surface area (Å²) in [6, 6.07) is 9.01. The lowest BCUT2D eigenvalue weighted by molar-refractivity contribution is -0.129. The molecule has 3 heterocycles. The molecule has 0 bridgehead atoms. The summed E-state index contributed by atoms with van der Waals surface area (Å²) in [5.74, 6) is 0.436. The number of β-amino-alcohol motifs (C(OH)–C–C–N with tert-alkyl or cyclic N) is 1. The van der Waals surface area contributed by atoms with E-state index in [0.29, 0.717) is 41.1 Å². The second kappa shape index (κ2) is 8.13. The van der Waals surface area contributed by atoms with Crippen molar-refractivity contribution in [3.8, 4) is 6.07 Å². The Morgan fingerprint density at radius 1 is 1.43 bits per heavy atom. The van der Waals surface area contributed by atoms with E-state index < -0.39 is 11.6 Å². The average Bonchev–Trinajstić information content (AvgIpc) is 3.36. The molecular formula is C21H23N5O3S. The number of rotatable bonds is 4. The van der Waals surface area contributed by atoms with Crippen LogP contribution in [0.2, 0.25) is 0 Å². The molecule has 30 heavy (non-hydrogen) atoms. The van der Waals surface area contributed by atoms with Crippen molar-refractivity contribution in [2.24, 2.45) is 0 Å². The SMILES string of the molecule is CC1(O)CCN(c2ccc3nccc(C(=O)NCC(=O)N4CSCC4C#N)c3c2)C1. The summed E-state index contributed by atoms with van der Waals surface area (Å²) in [5.41, 5.74) is 1.32. The number of nitrogens with one attached hydrogen (secondary N) is 1. The van der Waals surface area contributed by atoms with Crippen LogP contribution >= 0.6 is 11.8 Å². The van der Waals surface area contributed by atoms with Crippen LogP contribution in [0.3, 0.4) is 0 Å². The first-order valence-corrected chi connectivity index (χ1v) is 10.9. The van der Waals surface area contributed by atoms with Gasteiger partial charge in [-0.1, -0.05) is 0 Å². The fraction of sp³-hybridized carbons (Fsp3) is 0.429. The molecule has 2 saturated heterocycles. The number of amides is 2. The van der Waals surface area contributed by atoms with Gasteiger partial charge in [0.25, 0.3) is 5.91 Å². The van der Waals surface area contributed by atoms with Gasteiger partial charge in [0.2, 0.25) is 5.91 Å². The molecule has 8 nitrogen and oxygen atoms in total. The number of pyridine rings is 1. The van der Waals surface area contributed by atoms with Crippen LogP contribution in [-0.4, -0.2) is 69.7 Å². The number of nitriles is 1. The predicted octanol–water partition coefficient (Wildman–Crippen LogP) is 1.35. The van der Waals surface area contributed by atoms with E-state index in [4.69, 9.17) is 5.26 Å². The second-order valence-corrected chi connectivity index (χ2v) is 8.92. The van der Waals surface area contributed by atoms with Gasteiger partial charge in [-0.15, -0.1) is 11.8 Å². The Kier molecular flexibility index (Phi) is 5.54. The highest BCUT2D eigenvalue weighted by molar-refractivity contribution is 7.99. The summed E-state index contributed by atoms with van der Waals surface area (Å²) in [7, 11) is 0. The van der Waals surface area contributed by atoms with Crippen LogP contribution < -0.4 is 10.2 Å².